The predicted octanol–water partition coefficient (Wildman–Crippen LogP) is -0.641. The third-order valence-corrected chi connectivity index (χ3v) is 4.47. The molecule has 1 atom stereocenters. The summed E-state index contributed by atoms with van der Waals surface area (Å²) in [4.78, 5) is 11.4. The highest BCUT2D eigenvalue weighted by atomic mass is 32.3. The van der Waals surface area contributed by atoms with E-state index in [0.29, 0.717) is 0 Å². The first-order valence-electron chi connectivity index (χ1n) is 8.08. The van der Waals surface area contributed by atoms with Crippen LogP contribution in [0.4, 0.5) is 0 Å². The first-order chi connectivity index (χ1) is 14.6. The van der Waals surface area contributed by atoms with Crippen molar-refractivity contribution < 1.29 is 70.8 Å². The topological polar surface area (TPSA) is 247 Å². The fourth-order valence-electron chi connectivity index (χ4n) is 1.93. The molecule has 4 N–H and O–H groups in total. The first kappa shape index (κ1) is 27.9. The Labute approximate surface area is 182 Å². The lowest BCUT2D eigenvalue weighted by molar-refractivity contribution is 0.0654. The normalized spacial score (nSPS) is 13.5. The van der Waals surface area contributed by atoms with E-state index in [-0.39, 0.29) is 24.5 Å². The number of aromatic carboxylic acids is 1. The average molecular weight is 526 g/mol. The molecule has 0 saturated heterocycles. The molecule has 0 radical (unpaired) electrons. The van der Waals surface area contributed by atoms with Crippen molar-refractivity contribution in [1.29, 1.82) is 0 Å². The molecule has 0 spiro atoms. The molecule has 0 amide bonds. The molecule has 1 unspecified atom stereocenters. The van der Waals surface area contributed by atoms with Crippen molar-refractivity contribution >= 4 is 37.2 Å². The molecule has 0 aliphatic rings. The summed E-state index contributed by atoms with van der Waals surface area (Å²) in [5, 5.41) is 9.30. The molecule has 16 nitrogen and oxygen atoms in total. The summed E-state index contributed by atoms with van der Waals surface area (Å²) in [7, 11) is -14.7. The van der Waals surface area contributed by atoms with Gasteiger partial charge >= 0.3 is 37.2 Å². The number of ether oxygens (including phenoxy) is 2. The van der Waals surface area contributed by atoms with E-state index in [2.05, 4.69) is 12.5 Å². The van der Waals surface area contributed by atoms with Crippen molar-refractivity contribution in [3.63, 3.8) is 0 Å². The maximum atomic E-state index is 11.4. The maximum absolute atomic E-state index is 11.4. The quantitative estimate of drug-likeness (QED) is 0.164. The average Bonchev–Trinajstić information content (AvgIpc) is 2.61. The molecule has 0 heterocycles. The molecule has 0 aliphatic heterocycles. The number of carbonyl (C=O) groups is 1. The molecule has 0 aliphatic carbocycles. The Hall–Kier alpha value is -2.10. The lowest BCUT2D eigenvalue weighted by Gasteiger charge is -2.17. The van der Waals surface area contributed by atoms with Crippen LogP contribution in [0.1, 0.15) is 16.8 Å². The summed E-state index contributed by atoms with van der Waals surface area (Å²) in [6.07, 6.45) is -1.78. The van der Waals surface area contributed by atoms with Crippen molar-refractivity contribution in [2.24, 2.45) is 0 Å². The van der Waals surface area contributed by atoms with Gasteiger partial charge in [-0.15, -0.1) is 0 Å². The van der Waals surface area contributed by atoms with E-state index in [4.69, 9.17) is 23.1 Å². The van der Waals surface area contributed by atoms with Crippen LogP contribution >= 0.6 is 0 Å². The summed E-state index contributed by atoms with van der Waals surface area (Å²) < 4.78 is 112. The molecule has 0 bridgehead atoms. The highest BCUT2D eigenvalue weighted by Crippen LogP contribution is 2.25. The van der Waals surface area contributed by atoms with Gasteiger partial charge in [0.15, 0.2) is 0 Å². The van der Waals surface area contributed by atoms with E-state index in [0.717, 1.165) is 12.1 Å². The minimum atomic E-state index is -5.09. The minimum absolute atomic E-state index is 0.0158. The van der Waals surface area contributed by atoms with Gasteiger partial charge in [0, 0.05) is 6.42 Å². The van der Waals surface area contributed by atoms with Crippen LogP contribution in [0.2, 0.25) is 0 Å². The van der Waals surface area contributed by atoms with Crippen LogP contribution in [0.15, 0.2) is 18.2 Å². The summed E-state index contributed by atoms with van der Waals surface area (Å²) in [6.45, 7) is -2.45. The number of carboxylic acids is 1. The lowest BCUT2D eigenvalue weighted by atomic mass is 10.2. The molecule has 32 heavy (non-hydrogen) atoms. The van der Waals surface area contributed by atoms with Crippen LogP contribution in [-0.4, -0.2) is 82.5 Å². The van der Waals surface area contributed by atoms with Crippen LogP contribution in [0, 0.1) is 0 Å². The second-order valence-electron chi connectivity index (χ2n) is 5.58. The van der Waals surface area contributed by atoms with Gasteiger partial charge in [-0.05, 0) is 18.2 Å². The monoisotopic (exact) mass is 526 g/mol. The predicted molar refractivity (Wildman–Crippen MR) is 100 cm³/mol. The van der Waals surface area contributed by atoms with Gasteiger partial charge in [-0.25, -0.2) is 17.3 Å². The number of benzene rings is 1. The highest BCUT2D eigenvalue weighted by Gasteiger charge is 2.23. The van der Waals surface area contributed by atoms with Gasteiger partial charge in [0.1, 0.15) is 29.8 Å². The Morgan fingerprint density at radius 2 is 1.47 bits per heavy atom. The summed E-state index contributed by atoms with van der Waals surface area (Å²) in [6, 6.07) is 3.34. The number of hydrogen-bond donors (Lipinski definition) is 4. The third-order valence-electron chi connectivity index (χ3n) is 3.06. The summed E-state index contributed by atoms with van der Waals surface area (Å²) >= 11 is 0. The first-order valence-corrected chi connectivity index (χ1v) is 12.2. The van der Waals surface area contributed by atoms with Crippen LogP contribution in [0.5, 0.6) is 11.5 Å². The zero-order valence-corrected chi connectivity index (χ0v) is 18.2. The van der Waals surface area contributed by atoms with Crippen LogP contribution in [0.3, 0.4) is 0 Å². The Kier molecular flexibility index (Phi) is 10.2. The van der Waals surface area contributed by atoms with E-state index >= 15 is 0 Å². The third kappa shape index (κ3) is 12.7. The van der Waals surface area contributed by atoms with Gasteiger partial charge in [0.05, 0.1) is 19.8 Å². The zero-order chi connectivity index (χ0) is 24.6. The number of hydrogen-bond acceptors (Lipinski definition) is 12. The molecule has 184 valence electrons. The van der Waals surface area contributed by atoms with Gasteiger partial charge in [0.25, 0.3) is 0 Å². The molecule has 1 rings (SSSR count). The summed E-state index contributed by atoms with van der Waals surface area (Å²) in [5.74, 6) is -1.82. The molecular weight excluding hydrogens is 508 g/mol. The largest absolute Gasteiger partial charge is 0.493 e. The zero-order valence-electron chi connectivity index (χ0n) is 15.8. The molecule has 0 saturated carbocycles. The van der Waals surface area contributed by atoms with Crippen molar-refractivity contribution in [3.05, 3.63) is 23.8 Å². The van der Waals surface area contributed by atoms with E-state index in [9.17, 15) is 35.2 Å². The van der Waals surface area contributed by atoms with E-state index < -0.39 is 68.7 Å². The second-order valence-corrected chi connectivity index (χ2v) is 8.81. The van der Waals surface area contributed by atoms with Crippen molar-refractivity contribution in [1.82, 2.24) is 0 Å². The van der Waals surface area contributed by atoms with Crippen molar-refractivity contribution in [2.75, 3.05) is 26.4 Å². The Bertz CT molecular complexity index is 1090. The van der Waals surface area contributed by atoms with Gasteiger partial charge in [-0.2, -0.15) is 25.3 Å². The standard InChI is InChI=1S/C13H18O16S3/c14-13(15)11-6-9(25-4-1-5-27-30(16,17)18)2-3-12(11)26-7-10(29-32(22,23)24)8-28-31(19,20)21/h2-3,6,10H,1,4-5,7-8H2,(H,14,15)(H,16,17,18)(H,19,20,21)(H,22,23,24). The van der Waals surface area contributed by atoms with Crippen LogP contribution < -0.4 is 9.47 Å². The van der Waals surface area contributed by atoms with Gasteiger partial charge in [-0.1, -0.05) is 0 Å². The van der Waals surface area contributed by atoms with Gasteiger partial charge < -0.3 is 14.6 Å². The number of carboxylic acid groups (broad SMARTS) is 1. The lowest BCUT2D eigenvalue weighted by Crippen LogP contribution is -2.31. The van der Waals surface area contributed by atoms with Crippen LogP contribution in [0.25, 0.3) is 0 Å². The smallest absolute Gasteiger partial charge is 0.397 e. The Morgan fingerprint density at radius 3 is 2.00 bits per heavy atom. The highest BCUT2D eigenvalue weighted by molar-refractivity contribution is 7.81. The molecular formula is C13H18O16S3. The van der Waals surface area contributed by atoms with Crippen molar-refractivity contribution in [3.8, 4) is 11.5 Å². The van der Waals surface area contributed by atoms with Gasteiger partial charge in [0.2, 0.25) is 0 Å². The van der Waals surface area contributed by atoms with Gasteiger partial charge in [-0.3, -0.25) is 13.7 Å². The number of rotatable bonds is 15. The maximum Gasteiger partial charge on any atom is 0.397 e. The Balaban J connectivity index is 2.81. The molecule has 19 heteroatoms. The van der Waals surface area contributed by atoms with E-state index in [1.807, 2.05) is 0 Å². The summed E-state index contributed by atoms with van der Waals surface area (Å²) in [5.41, 5.74) is -0.474. The fraction of sp³-hybridized carbons (Fsp3) is 0.462. The van der Waals surface area contributed by atoms with E-state index in [1.165, 1.54) is 6.07 Å². The van der Waals surface area contributed by atoms with E-state index in [1.54, 1.807) is 0 Å². The van der Waals surface area contributed by atoms with Crippen molar-refractivity contribution in [2.45, 2.75) is 12.5 Å². The molecule has 0 aromatic heterocycles. The molecule has 1 aromatic carbocycles. The van der Waals surface area contributed by atoms with Crippen LogP contribution in [-0.2, 0) is 43.7 Å². The molecule has 1 aromatic rings. The Morgan fingerprint density at radius 1 is 0.844 bits per heavy atom. The second kappa shape index (κ2) is 11.7. The SMILES string of the molecule is O=C(O)c1cc(OCCCOS(=O)(=O)O)ccc1OCC(COS(=O)(=O)O)OS(=O)(=O)O. The molecule has 0 fully saturated rings. The fourth-order valence-corrected chi connectivity index (χ4v) is 3.03. The minimum Gasteiger partial charge on any atom is -0.493 e.